The van der Waals surface area contributed by atoms with Gasteiger partial charge in [-0.3, -0.25) is 4.79 Å². The van der Waals surface area contributed by atoms with Crippen LogP contribution < -0.4 is 0 Å². The average Bonchev–Trinajstić information content (AvgIpc) is 2.93. The molecule has 0 aliphatic carbocycles. The summed E-state index contributed by atoms with van der Waals surface area (Å²) < 4.78 is 1.85. The predicted octanol–water partition coefficient (Wildman–Crippen LogP) is 2.89. The Bertz CT molecular complexity index is 666. The maximum atomic E-state index is 10.5. The lowest BCUT2D eigenvalue weighted by Gasteiger charge is -2.14. The molecule has 1 aromatic heterocycles. The van der Waals surface area contributed by atoms with Crippen LogP contribution in [0.25, 0.3) is 6.08 Å². The molecule has 4 N–H and O–H groups in total. The zero-order valence-corrected chi connectivity index (χ0v) is 17.1. The zero-order valence-electron chi connectivity index (χ0n) is 17.1. The van der Waals surface area contributed by atoms with Crippen molar-refractivity contribution in [2.45, 2.75) is 77.1 Å². The number of aryl methyl sites for hydroxylation is 1. The standard InChI is InChI=1S/C21H34N2O5/c1-4-5-7-11-19(26)21-16(22-15(2)23(21)3)13-14-18(25)17(24)10-8-6-9-12-20(27)28/h6,8,13-14,17-19,24-26H,4-5,7,9-12H2,1-3H3,(H,27,28). The van der Waals surface area contributed by atoms with Crippen LogP contribution in [0, 0.1) is 6.92 Å². The molecule has 3 unspecified atom stereocenters. The Balaban J connectivity index is 2.71. The van der Waals surface area contributed by atoms with Gasteiger partial charge in [-0.25, -0.2) is 4.98 Å². The number of carboxylic acid groups (broad SMARTS) is 1. The van der Waals surface area contributed by atoms with Gasteiger partial charge < -0.3 is 25.0 Å². The Morgan fingerprint density at radius 3 is 2.57 bits per heavy atom. The lowest BCUT2D eigenvalue weighted by atomic mass is 10.0. The summed E-state index contributed by atoms with van der Waals surface area (Å²) in [6.07, 6.45) is 8.11. The highest BCUT2D eigenvalue weighted by Crippen LogP contribution is 2.25. The summed E-state index contributed by atoms with van der Waals surface area (Å²) in [6.45, 7) is 3.97. The second kappa shape index (κ2) is 12.5. The molecule has 7 heteroatoms. The molecule has 1 rings (SSSR count). The smallest absolute Gasteiger partial charge is 0.303 e. The molecule has 0 amide bonds. The van der Waals surface area contributed by atoms with Gasteiger partial charge in [0, 0.05) is 13.5 Å². The molecular formula is C21H34N2O5. The molecule has 0 aliphatic rings. The number of rotatable bonds is 13. The first-order valence-electron chi connectivity index (χ1n) is 9.90. The number of aromatic nitrogens is 2. The minimum absolute atomic E-state index is 0.0391. The van der Waals surface area contributed by atoms with Crippen LogP contribution in [0.5, 0.6) is 0 Å². The normalized spacial score (nSPS) is 15.4. The Hall–Kier alpha value is -1.96. The molecule has 0 bridgehead atoms. The monoisotopic (exact) mass is 394 g/mol. The van der Waals surface area contributed by atoms with E-state index in [1.807, 2.05) is 18.5 Å². The third-order valence-corrected chi connectivity index (χ3v) is 4.70. The van der Waals surface area contributed by atoms with Crippen LogP contribution in [0.4, 0.5) is 0 Å². The van der Waals surface area contributed by atoms with Crippen LogP contribution >= 0.6 is 0 Å². The van der Waals surface area contributed by atoms with Gasteiger partial charge in [0.05, 0.1) is 29.7 Å². The van der Waals surface area contributed by atoms with Gasteiger partial charge in [-0.15, -0.1) is 0 Å². The van der Waals surface area contributed by atoms with E-state index in [0.29, 0.717) is 24.2 Å². The molecule has 0 spiro atoms. The summed E-state index contributed by atoms with van der Waals surface area (Å²) >= 11 is 0. The van der Waals surface area contributed by atoms with E-state index in [4.69, 9.17) is 5.11 Å². The van der Waals surface area contributed by atoms with Crippen molar-refractivity contribution in [3.63, 3.8) is 0 Å². The molecule has 0 saturated carbocycles. The zero-order chi connectivity index (χ0) is 21.1. The van der Waals surface area contributed by atoms with Crippen molar-refractivity contribution in [2.75, 3.05) is 0 Å². The van der Waals surface area contributed by atoms with E-state index in [9.17, 15) is 20.1 Å². The summed E-state index contributed by atoms with van der Waals surface area (Å²) in [5.41, 5.74) is 1.30. The van der Waals surface area contributed by atoms with Gasteiger partial charge >= 0.3 is 5.97 Å². The highest BCUT2D eigenvalue weighted by molar-refractivity contribution is 5.66. The topological polar surface area (TPSA) is 116 Å². The van der Waals surface area contributed by atoms with Crippen molar-refractivity contribution in [2.24, 2.45) is 7.05 Å². The van der Waals surface area contributed by atoms with E-state index in [1.54, 1.807) is 18.2 Å². The van der Waals surface area contributed by atoms with Crippen molar-refractivity contribution < 1.29 is 25.2 Å². The molecule has 158 valence electrons. The predicted molar refractivity (Wildman–Crippen MR) is 109 cm³/mol. The highest BCUT2D eigenvalue weighted by Gasteiger charge is 2.19. The van der Waals surface area contributed by atoms with Crippen molar-refractivity contribution in [1.29, 1.82) is 0 Å². The summed E-state index contributed by atoms with van der Waals surface area (Å²) in [4.78, 5) is 14.9. The van der Waals surface area contributed by atoms with E-state index in [1.165, 1.54) is 6.08 Å². The molecule has 7 nitrogen and oxygen atoms in total. The number of imidazole rings is 1. The van der Waals surface area contributed by atoms with Crippen LogP contribution in [0.2, 0.25) is 0 Å². The third kappa shape index (κ3) is 7.96. The molecule has 28 heavy (non-hydrogen) atoms. The van der Waals surface area contributed by atoms with Crippen molar-refractivity contribution in [1.82, 2.24) is 9.55 Å². The van der Waals surface area contributed by atoms with E-state index in [2.05, 4.69) is 11.9 Å². The molecule has 0 aliphatic heterocycles. The Morgan fingerprint density at radius 1 is 1.21 bits per heavy atom. The second-order valence-corrected chi connectivity index (χ2v) is 7.06. The fourth-order valence-corrected chi connectivity index (χ4v) is 2.91. The van der Waals surface area contributed by atoms with Gasteiger partial charge in [0.2, 0.25) is 0 Å². The quantitative estimate of drug-likeness (QED) is 0.302. The van der Waals surface area contributed by atoms with Gasteiger partial charge in [-0.1, -0.05) is 44.4 Å². The first-order chi connectivity index (χ1) is 13.3. The van der Waals surface area contributed by atoms with Crippen molar-refractivity contribution in [3.8, 4) is 0 Å². The number of carbonyl (C=O) groups is 1. The van der Waals surface area contributed by atoms with Gasteiger partial charge in [-0.05, 0) is 32.3 Å². The number of aliphatic carboxylic acids is 1. The number of allylic oxidation sites excluding steroid dienone is 1. The molecule has 0 fully saturated rings. The summed E-state index contributed by atoms with van der Waals surface area (Å²) in [5.74, 6) is -0.105. The fraction of sp³-hybridized carbons (Fsp3) is 0.619. The second-order valence-electron chi connectivity index (χ2n) is 7.06. The minimum Gasteiger partial charge on any atom is -0.481 e. The first kappa shape index (κ1) is 24.1. The Kier molecular flexibility index (Phi) is 10.7. The van der Waals surface area contributed by atoms with Gasteiger partial charge in [0.25, 0.3) is 0 Å². The molecule has 1 aromatic rings. The van der Waals surface area contributed by atoms with E-state index in [-0.39, 0.29) is 12.8 Å². The maximum absolute atomic E-state index is 10.5. The maximum Gasteiger partial charge on any atom is 0.303 e. The number of unbranched alkanes of at least 4 members (excludes halogenated alkanes) is 2. The average molecular weight is 395 g/mol. The SMILES string of the molecule is CCCCCC(O)c1c(C=CC(O)C(O)CC=CCCC(=O)O)nc(C)n1C. The van der Waals surface area contributed by atoms with E-state index in [0.717, 1.165) is 25.1 Å². The number of aliphatic hydroxyl groups is 3. The van der Waals surface area contributed by atoms with Gasteiger partial charge in [0.1, 0.15) is 5.82 Å². The first-order valence-corrected chi connectivity index (χ1v) is 9.90. The van der Waals surface area contributed by atoms with Crippen molar-refractivity contribution >= 4 is 12.0 Å². The van der Waals surface area contributed by atoms with Crippen LogP contribution in [0.1, 0.15) is 75.2 Å². The summed E-state index contributed by atoms with van der Waals surface area (Å²) in [5, 5.41) is 39.3. The van der Waals surface area contributed by atoms with Crippen LogP contribution in [0.15, 0.2) is 18.2 Å². The Labute approximate surface area is 167 Å². The van der Waals surface area contributed by atoms with Crippen LogP contribution in [0.3, 0.4) is 0 Å². The lowest BCUT2D eigenvalue weighted by molar-refractivity contribution is -0.136. The largest absolute Gasteiger partial charge is 0.481 e. The summed E-state index contributed by atoms with van der Waals surface area (Å²) in [6, 6.07) is 0. The van der Waals surface area contributed by atoms with E-state index < -0.39 is 24.3 Å². The molecule has 0 saturated heterocycles. The minimum atomic E-state index is -1.09. The fourth-order valence-electron chi connectivity index (χ4n) is 2.91. The van der Waals surface area contributed by atoms with Crippen LogP contribution in [-0.2, 0) is 11.8 Å². The summed E-state index contributed by atoms with van der Waals surface area (Å²) in [7, 11) is 1.85. The molecular weight excluding hydrogens is 360 g/mol. The number of hydrogen-bond acceptors (Lipinski definition) is 5. The number of aliphatic hydroxyl groups excluding tert-OH is 3. The molecule has 3 atom stereocenters. The molecule has 1 heterocycles. The Morgan fingerprint density at radius 2 is 1.93 bits per heavy atom. The van der Waals surface area contributed by atoms with Gasteiger partial charge in [-0.2, -0.15) is 0 Å². The number of hydrogen-bond donors (Lipinski definition) is 4. The lowest BCUT2D eigenvalue weighted by Crippen LogP contribution is -2.22. The number of carboxylic acids is 1. The van der Waals surface area contributed by atoms with Gasteiger partial charge in [0.15, 0.2) is 0 Å². The highest BCUT2D eigenvalue weighted by atomic mass is 16.4. The number of nitrogens with zero attached hydrogens (tertiary/aromatic N) is 2. The van der Waals surface area contributed by atoms with Crippen LogP contribution in [-0.4, -0.2) is 48.2 Å². The third-order valence-electron chi connectivity index (χ3n) is 4.70. The van der Waals surface area contributed by atoms with Crippen molar-refractivity contribution in [3.05, 3.63) is 35.4 Å². The van der Waals surface area contributed by atoms with E-state index >= 15 is 0 Å². The molecule has 0 radical (unpaired) electrons. The molecule has 0 aromatic carbocycles.